The quantitative estimate of drug-likeness (QED) is 0.756. The Morgan fingerprint density at radius 1 is 1.21 bits per heavy atom. The van der Waals surface area contributed by atoms with Crippen molar-refractivity contribution in [3.8, 4) is 0 Å². The van der Waals surface area contributed by atoms with Crippen LogP contribution in [-0.2, 0) is 27.5 Å². The zero-order chi connectivity index (χ0) is 21.0. The summed E-state index contributed by atoms with van der Waals surface area (Å²) in [4.78, 5) is 9.22. The lowest BCUT2D eigenvalue weighted by Gasteiger charge is -2.21. The third kappa shape index (κ3) is 5.89. The van der Waals surface area contributed by atoms with Gasteiger partial charge in [-0.2, -0.15) is 18.2 Å². The molecule has 1 aliphatic heterocycles. The predicted octanol–water partition coefficient (Wildman–Crippen LogP) is 3.73. The lowest BCUT2D eigenvalue weighted by Crippen LogP contribution is -2.25. The Kier molecular flexibility index (Phi) is 6.74. The van der Waals surface area contributed by atoms with E-state index < -0.39 is 22.7 Å². The number of hydrogen-bond acceptors (Lipinski definition) is 6. The summed E-state index contributed by atoms with van der Waals surface area (Å²) in [6.45, 7) is 1.25. The minimum Gasteiger partial charge on any atom is -0.381 e. The Morgan fingerprint density at radius 3 is 2.59 bits per heavy atom. The molecule has 1 atom stereocenters. The molecule has 0 aliphatic carbocycles. The molecule has 0 radical (unpaired) electrons. The molecule has 1 fully saturated rings. The summed E-state index contributed by atoms with van der Waals surface area (Å²) in [6, 6.07) is 7.98. The number of hydrogen-bond donors (Lipinski definition) is 1. The maximum atomic E-state index is 13.2. The fraction of sp³-hybridized carbons (Fsp3) is 0.474. The molecule has 1 N–H and O–H groups in total. The Labute approximate surface area is 170 Å². The predicted molar refractivity (Wildman–Crippen MR) is 107 cm³/mol. The smallest absolute Gasteiger partial charge is 0.381 e. The van der Waals surface area contributed by atoms with Crippen molar-refractivity contribution in [2.75, 3.05) is 37.5 Å². The summed E-state index contributed by atoms with van der Waals surface area (Å²) < 4.78 is 57.4. The maximum Gasteiger partial charge on any atom is 0.433 e. The van der Waals surface area contributed by atoms with Crippen molar-refractivity contribution < 1.29 is 22.1 Å². The first-order valence-corrected chi connectivity index (χ1v) is 10.5. The molecule has 1 aromatic carbocycles. The van der Waals surface area contributed by atoms with Gasteiger partial charge in [0, 0.05) is 60.9 Å². The van der Waals surface area contributed by atoms with Crippen LogP contribution in [0.2, 0.25) is 0 Å². The SMILES string of the molecule is CN(C)c1cc(C(F)(F)F)nc(Nc2cccc(CS(=O)C3CCOCC3)c2)n1. The lowest BCUT2D eigenvalue weighted by atomic mass is 10.2. The molecule has 1 aromatic heterocycles. The van der Waals surface area contributed by atoms with Crippen molar-refractivity contribution >= 4 is 28.3 Å². The fourth-order valence-electron chi connectivity index (χ4n) is 2.95. The second-order valence-electron chi connectivity index (χ2n) is 6.99. The highest BCUT2D eigenvalue weighted by atomic mass is 32.2. The van der Waals surface area contributed by atoms with E-state index >= 15 is 0 Å². The summed E-state index contributed by atoms with van der Waals surface area (Å²) in [5.74, 6) is 0.380. The third-order valence-electron chi connectivity index (χ3n) is 4.49. The van der Waals surface area contributed by atoms with Crippen molar-refractivity contribution in [1.29, 1.82) is 0 Å². The van der Waals surface area contributed by atoms with E-state index in [2.05, 4.69) is 15.3 Å². The number of benzene rings is 1. The van der Waals surface area contributed by atoms with E-state index in [1.807, 2.05) is 6.07 Å². The van der Waals surface area contributed by atoms with E-state index in [1.165, 1.54) is 4.90 Å². The molecule has 1 unspecified atom stereocenters. The molecule has 29 heavy (non-hydrogen) atoms. The van der Waals surface area contributed by atoms with Gasteiger partial charge < -0.3 is 15.0 Å². The molecule has 158 valence electrons. The van der Waals surface area contributed by atoms with Crippen LogP contribution < -0.4 is 10.2 Å². The van der Waals surface area contributed by atoms with E-state index in [0.29, 0.717) is 24.7 Å². The van der Waals surface area contributed by atoms with Crippen LogP contribution in [-0.4, -0.2) is 46.7 Å². The van der Waals surface area contributed by atoms with Gasteiger partial charge in [-0.05, 0) is 30.5 Å². The van der Waals surface area contributed by atoms with Crippen LogP contribution in [0, 0.1) is 0 Å². The molecular weight excluding hydrogens is 405 g/mol. The maximum absolute atomic E-state index is 13.2. The second-order valence-corrected chi connectivity index (χ2v) is 8.71. The second kappa shape index (κ2) is 9.08. The number of nitrogens with one attached hydrogen (secondary N) is 1. The van der Waals surface area contributed by atoms with Gasteiger partial charge in [-0.25, -0.2) is 4.98 Å². The molecular formula is C19H23F3N4O2S. The Bertz CT molecular complexity index is 871. The summed E-state index contributed by atoms with van der Waals surface area (Å²) in [7, 11) is 2.19. The monoisotopic (exact) mass is 428 g/mol. The van der Waals surface area contributed by atoms with Gasteiger partial charge in [0.1, 0.15) is 5.82 Å². The number of aromatic nitrogens is 2. The van der Waals surface area contributed by atoms with E-state index in [9.17, 15) is 17.4 Å². The lowest BCUT2D eigenvalue weighted by molar-refractivity contribution is -0.141. The first kappa shape index (κ1) is 21.5. The van der Waals surface area contributed by atoms with Crippen molar-refractivity contribution in [1.82, 2.24) is 9.97 Å². The minimum atomic E-state index is -4.58. The first-order chi connectivity index (χ1) is 13.7. The largest absolute Gasteiger partial charge is 0.433 e. The third-order valence-corrected chi connectivity index (χ3v) is 6.33. The van der Waals surface area contributed by atoms with Gasteiger partial charge in [0.2, 0.25) is 5.95 Å². The minimum absolute atomic E-state index is 0.106. The van der Waals surface area contributed by atoms with Crippen LogP contribution in [0.3, 0.4) is 0 Å². The molecule has 0 amide bonds. The highest BCUT2D eigenvalue weighted by molar-refractivity contribution is 7.84. The van der Waals surface area contributed by atoms with Crippen molar-refractivity contribution in [2.24, 2.45) is 0 Å². The van der Waals surface area contributed by atoms with Crippen LogP contribution in [0.1, 0.15) is 24.1 Å². The molecule has 1 saturated heterocycles. The number of ether oxygens (including phenoxy) is 1. The number of anilines is 3. The average Bonchev–Trinajstić information content (AvgIpc) is 2.68. The van der Waals surface area contributed by atoms with Gasteiger partial charge in [0.05, 0.1) is 0 Å². The summed E-state index contributed by atoms with van der Waals surface area (Å²) in [5, 5.41) is 2.94. The van der Waals surface area contributed by atoms with Crippen molar-refractivity contribution in [3.63, 3.8) is 0 Å². The van der Waals surface area contributed by atoms with Gasteiger partial charge in [-0.3, -0.25) is 4.21 Å². The Balaban J connectivity index is 1.77. The molecule has 0 spiro atoms. The standard InChI is InChI=1S/C19H23F3N4O2S/c1-26(2)17-11-16(19(20,21)22)24-18(25-17)23-14-5-3-4-13(10-14)12-29(27)15-6-8-28-9-7-15/h3-5,10-11,15H,6-9,12H2,1-2H3,(H,23,24,25). The first-order valence-electron chi connectivity index (χ1n) is 9.17. The highest BCUT2D eigenvalue weighted by Crippen LogP contribution is 2.31. The van der Waals surface area contributed by atoms with Crippen LogP contribution >= 0.6 is 0 Å². The molecule has 10 heteroatoms. The molecule has 3 rings (SSSR count). The van der Waals surface area contributed by atoms with E-state index in [4.69, 9.17) is 4.74 Å². The van der Waals surface area contributed by atoms with E-state index in [-0.39, 0.29) is 17.0 Å². The van der Waals surface area contributed by atoms with Gasteiger partial charge >= 0.3 is 6.18 Å². The molecule has 0 saturated carbocycles. The molecule has 6 nitrogen and oxygen atoms in total. The Morgan fingerprint density at radius 2 is 1.93 bits per heavy atom. The molecule has 0 bridgehead atoms. The fourth-order valence-corrected chi connectivity index (χ4v) is 4.42. The number of nitrogens with zero attached hydrogens (tertiary/aromatic N) is 3. The van der Waals surface area contributed by atoms with Crippen LogP contribution in [0.25, 0.3) is 0 Å². The summed E-state index contributed by atoms with van der Waals surface area (Å²) in [6.07, 6.45) is -3.03. The van der Waals surface area contributed by atoms with E-state index in [0.717, 1.165) is 24.5 Å². The Hall–Kier alpha value is -2.20. The number of halogens is 3. The zero-order valence-corrected chi connectivity index (χ0v) is 17.0. The van der Waals surface area contributed by atoms with Crippen molar-refractivity contribution in [2.45, 2.75) is 30.0 Å². The summed E-state index contributed by atoms with van der Waals surface area (Å²) in [5.41, 5.74) is 0.352. The topological polar surface area (TPSA) is 67.4 Å². The van der Waals surface area contributed by atoms with E-state index in [1.54, 1.807) is 32.3 Å². The molecule has 2 aromatic rings. The normalized spacial score (nSPS) is 16.4. The van der Waals surface area contributed by atoms with Crippen LogP contribution in [0.15, 0.2) is 30.3 Å². The molecule has 1 aliphatic rings. The van der Waals surface area contributed by atoms with Gasteiger partial charge in [0.15, 0.2) is 5.69 Å². The van der Waals surface area contributed by atoms with Gasteiger partial charge in [0.25, 0.3) is 0 Å². The van der Waals surface area contributed by atoms with Crippen LogP contribution in [0.5, 0.6) is 0 Å². The summed E-state index contributed by atoms with van der Waals surface area (Å²) >= 11 is 0. The average molecular weight is 428 g/mol. The molecule has 2 heterocycles. The number of alkyl halides is 3. The van der Waals surface area contributed by atoms with Gasteiger partial charge in [-0.1, -0.05) is 12.1 Å². The number of rotatable bonds is 6. The highest BCUT2D eigenvalue weighted by Gasteiger charge is 2.34. The van der Waals surface area contributed by atoms with Crippen molar-refractivity contribution in [3.05, 3.63) is 41.6 Å². The zero-order valence-electron chi connectivity index (χ0n) is 16.2. The van der Waals surface area contributed by atoms with Gasteiger partial charge in [-0.15, -0.1) is 0 Å². The van der Waals surface area contributed by atoms with Crippen LogP contribution in [0.4, 0.5) is 30.6 Å².